The second-order valence-electron chi connectivity index (χ2n) is 4.56. The molecule has 0 saturated carbocycles. The molecule has 5 heteroatoms. The van der Waals surface area contributed by atoms with Crippen molar-refractivity contribution in [3.63, 3.8) is 0 Å². The van der Waals surface area contributed by atoms with Crippen LogP contribution in [0.5, 0.6) is 0 Å². The van der Waals surface area contributed by atoms with E-state index in [-0.39, 0.29) is 0 Å². The lowest BCUT2D eigenvalue weighted by molar-refractivity contribution is 0.423. The van der Waals surface area contributed by atoms with E-state index >= 15 is 0 Å². The van der Waals surface area contributed by atoms with Crippen LogP contribution < -0.4 is 5.73 Å². The molecule has 0 unspecified atom stereocenters. The molecule has 0 fully saturated rings. The second kappa shape index (κ2) is 5.13. The molecular weight excluding hydrogens is 252 g/mol. The Balaban J connectivity index is 1.88. The van der Waals surface area contributed by atoms with E-state index in [0.29, 0.717) is 29.5 Å². The lowest BCUT2D eigenvalue weighted by atomic mass is 10.1. The summed E-state index contributed by atoms with van der Waals surface area (Å²) in [4.78, 5) is 8.52. The van der Waals surface area contributed by atoms with Crippen LogP contribution in [0.4, 0.5) is 5.69 Å². The van der Waals surface area contributed by atoms with Gasteiger partial charge >= 0.3 is 0 Å². The van der Waals surface area contributed by atoms with Crippen molar-refractivity contribution in [1.29, 1.82) is 0 Å². The summed E-state index contributed by atoms with van der Waals surface area (Å²) in [6.07, 6.45) is 2.28. The Labute approximate surface area is 116 Å². The number of nitrogens with zero attached hydrogens (tertiary/aromatic N) is 3. The van der Waals surface area contributed by atoms with Gasteiger partial charge in [0, 0.05) is 12.6 Å². The van der Waals surface area contributed by atoms with E-state index in [1.165, 1.54) is 11.1 Å². The van der Waals surface area contributed by atoms with Gasteiger partial charge in [-0.1, -0.05) is 29.4 Å². The van der Waals surface area contributed by atoms with Crippen molar-refractivity contribution in [3.05, 3.63) is 59.5 Å². The lowest BCUT2D eigenvalue weighted by Gasteiger charge is -2.00. The van der Waals surface area contributed by atoms with E-state index in [0.717, 1.165) is 0 Å². The zero-order valence-electron chi connectivity index (χ0n) is 11.1. The minimum atomic E-state index is 0.353. The molecule has 2 aromatic heterocycles. The van der Waals surface area contributed by atoms with Gasteiger partial charge in [-0.25, -0.2) is 4.98 Å². The van der Waals surface area contributed by atoms with Gasteiger partial charge in [-0.05, 0) is 30.2 Å². The van der Waals surface area contributed by atoms with E-state index in [1.807, 2.05) is 12.1 Å². The topological polar surface area (TPSA) is 77.8 Å². The zero-order valence-corrected chi connectivity index (χ0v) is 11.1. The molecule has 0 bridgehead atoms. The quantitative estimate of drug-likeness (QED) is 0.788. The number of hydrogen-bond acceptors (Lipinski definition) is 5. The first-order valence-electron chi connectivity index (χ1n) is 6.32. The monoisotopic (exact) mass is 266 g/mol. The molecule has 0 aliphatic carbocycles. The van der Waals surface area contributed by atoms with E-state index in [2.05, 4.69) is 34.2 Å². The summed E-state index contributed by atoms with van der Waals surface area (Å²) in [5.41, 5.74) is 9.28. The zero-order chi connectivity index (χ0) is 13.9. The van der Waals surface area contributed by atoms with Crippen LogP contribution in [0, 0.1) is 6.92 Å². The van der Waals surface area contributed by atoms with Crippen molar-refractivity contribution in [2.45, 2.75) is 13.3 Å². The third-order valence-electron chi connectivity index (χ3n) is 3.12. The molecule has 1 aromatic carbocycles. The van der Waals surface area contributed by atoms with Crippen molar-refractivity contribution >= 4 is 5.69 Å². The Hall–Kier alpha value is -2.69. The van der Waals surface area contributed by atoms with Gasteiger partial charge in [0.05, 0.1) is 5.69 Å². The Kier molecular flexibility index (Phi) is 3.16. The standard InChI is InChI=1S/C15H14N4O/c1-10-5-2-3-6-11(10)9-13-18-15(20-19-13)14-12(16)7-4-8-17-14/h2-8H,9,16H2,1H3. The summed E-state index contributed by atoms with van der Waals surface area (Å²) < 4.78 is 5.24. The van der Waals surface area contributed by atoms with Gasteiger partial charge in [0.1, 0.15) is 0 Å². The number of nitrogens with two attached hydrogens (primary N) is 1. The maximum Gasteiger partial charge on any atom is 0.278 e. The summed E-state index contributed by atoms with van der Waals surface area (Å²) in [7, 11) is 0. The first kappa shape index (κ1) is 12.3. The van der Waals surface area contributed by atoms with E-state index in [9.17, 15) is 0 Å². The molecule has 2 heterocycles. The van der Waals surface area contributed by atoms with Crippen LogP contribution in [0.1, 0.15) is 17.0 Å². The van der Waals surface area contributed by atoms with Gasteiger partial charge in [-0.2, -0.15) is 4.98 Å². The average molecular weight is 266 g/mol. The highest BCUT2D eigenvalue weighted by atomic mass is 16.5. The maximum absolute atomic E-state index is 5.85. The van der Waals surface area contributed by atoms with Crippen LogP contribution in [0.25, 0.3) is 11.6 Å². The Morgan fingerprint density at radius 2 is 2.00 bits per heavy atom. The highest BCUT2D eigenvalue weighted by Gasteiger charge is 2.13. The summed E-state index contributed by atoms with van der Waals surface area (Å²) >= 11 is 0. The number of benzene rings is 1. The largest absolute Gasteiger partial charge is 0.397 e. The number of rotatable bonds is 3. The normalized spacial score (nSPS) is 10.7. The lowest BCUT2D eigenvalue weighted by Crippen LogP contribution is -1.95. The number of nitrogen functional groups attached to an aromatic ring is 1. The van der Waals surface area contributed by atoms with Crippen LogP contribution in [0.3, 0.4) is 0 Å². The Morgan fingerprint density at radius 3 is 2.80 bits per heavy atom. The molecule has 0 saturated heterocycles. The summed E-state index contributed by atoms with van der Waals surface area (Å²) in [6, 6.07) is 11.7. The molecule has 2 N–H and O–H groups in total. The van der Waals surface area contributed by atoms with E-state index in [4.69, 9.17) is 10.3 Å². The Bertz CT molecular complexity index is 736. The van der Waals surface area contributed by atoms with Gasteiger partial charge in [0.2, 0.25) is 0 Å². The van der Waals surface area contributed by atoms with Crippen LogP contribution >= 0.6 is 0 Å². The van der Waals surface area contributed by atoms with Crippen LogP contribution in [0.15, 0.2) is 47.1 Å². The fourth-order valence-corrected chi connectivity index (χ4v) is 2.00. The van der Waals surface area contributed by atoms with E-state index < -0.39 is 0 Å². The van der Waals surface area contributed by atoms with Crippen molar-refractivity contribution in [3.8, 4) is 11.6 Å². The first-order chi connectivity index (χ1) is 9.74. The molecule has 3 aromatic rings. The molecule has 0 amide bonds. The van der Waals surface area contributed by atoms with Crippen molar-refractivity contribution in [2.24, 2.45) is 0 Å². The average Bonchev–Trinajstić information content (AvgIpc) is 2.90. The van der Waals surface area contributed by atoms with Gasteiger partial charge in [-0.15, -0.1) is 0 Å². The van der Waals surface area contributed by atoms with Gasteiger partial charge in [0.25, 0.3) is 5.89 Å². The van der Waals surface area contributed by atoms with Crippen molar-refractivity contribution in [1.82, 2.24) is 15.1 Å². The fraction of sp³-hybridized carbons (Fsp3) is 0.133. The van der Waals surface area contributed by atoms with Crippen LogP contribution in [0.2, 0.25) is 0 Å². The predicted octanol–water partition coefficient (Wildman–Crippen LogP) is 2.61. The van der Waals surface area contributed by atoms with Crippen LogP contribution in [-0.2, 0) is 6.42 Å². The Morgan fingerprint density at radius 1 is 1.15 bits per heavy atom. The minimum Gasteiger partial charge on any atom is -0.397 e. The smallest absolute Gasteiger partial charge is 0.278 e. The first-order valence-corrected chi connectivity index (χ1v) is 6.32. The molecule has 3 rings (SSSR count). The fourth-order valence-electron chi connectivity index (χ4n) is 2.00. The second-order valence-corrected chi connectivity index (χ2v) is 4.56. The summed E-state index contributed by atoms with van der Waals surface area (Å²) in [5, 5.41) is 3.99. The number of hydrogen-bond donors (Lipinski definition) is 1. The van der Waals surface area contributed by atoms with Gasteiger partial charge < -0.3 is 10.3 Å². The minimum absolute atomic E-state index is 0.353. The molecule has 20 heavy (non-hydrogen) atoms. The molecular formula is C15H14N4O. The number of anilines is 1. The SMILES string of the molecule is Cc1ccccc1Cc1noc(-c2ncccc2N)n1. The third kappa shape index (κ3) is 2.38. The molecule has 0 spiro atoms. The van der Waals surface area contributed by atoms with E-state index in [1.54, 1.807) is 18.3 Å². The number of aryl methyl sites for hydroxylation is 1. The highest BCUT2D eigenvalue weighted by molar-refractivity contribution is 5.65. The number of pyridine rings is 1. The molecule has 100 valence electrons. The maximum atomic E-state index is 5.85. The van der Waals surface area contributed by atoms with Crippen molar-refractivity contribution < 1.29 is 4.52 Å². The number of aromatic nitrogens is 3. The van der Waals surface area contributed by atoms with Crippen LogP contribution in [-0.4, -0.2) is 15.1 Å². The van der Waals surface area contributed by atoms with Gasteiger partial charge in [0.15, 0.2) is 11.5 Å². The highest BCUT2D eigenvalue weighted by Crippen LogP contribution is 2.21. The third-order valence-corrected chi connectivity index (χ3v) is 3.12. The molecule has 0 radical (unpaired) electrons. The van der Waals surface area contributed by atoms with Crippen molar-refractivity contribution in [2.75, 3.05) is 5.73 Å². The molecule has 0 aliphatic rings. The summed E-state index contributed by atoms with van der Waals surface area (Å²) in [5.74, 6) is 0.978. The molecule has 5 nitrogen and oxygen atoms in total. The molecule has 0 aliphatic heterocycles. The predicted molar refractivity (Wildman–Crippen MR) is 75.9 cm³/mol. The molecule has 0 atom stereocenters. The van der Waals surface area contributed by atoms with Gasteiger partial charge in [-0.3, -0.25) is 0 Å². The summed E-state index contributed by atoms with van der Waals surface area (Å²) in [6.45, 7) is 2.06.